The lowest BCUT2D eigenvalue weighted by atomic mass is 9.98. The number of carbonyl (C=O) groups excluding carboxylic acids is 3. The summed E-state index contributed by atoms with van der Waals surface area (Å²) in [5, 5.41) is 5.82. The maximum atomic E-state index is 12.8. The Morgan fingerprint density at radius 2 is 1.72 bits per heavy atom. The molecule has 4 amide bonds. The fourth-order valence-corrected chi connectivity index (χ4v) is 3.52. The molecule has 1 unspecified atom stereocenters. The summed E-state index contributed by atoms with van der Waals surface area (Å²) in [5.41, 5.74) is 0.329. The summed E-state index contributed by atoms with van der Waals surface area (Å²) in [7, 11) is 1.73. The highest BCUT2D eigenvalue weighted by Crippen LogP contribution is 2.20. The molecule has 2 N–H and O–H groups in total. The molecule has 1 saturated heterocycles. The number of nitrogens with one attached hydrogen (secondary N) is 2. The lowest BCUT2D eigenvalue weighted by molar-refractivity contribution is 0.0253. The van der Waals surface area contributed by atoms with Crippen LogP contribution in [0.25, 0.3) is 0 Å². The van der Waals surface area contributed by atoms with Crippen LogP contribution in [0.4, 0.5) is 15.3 Å². The van der Waals surface area contributed by atoms with Crippen molar-refractivity contribution in [3.05, 3.63) is 29.8 Å². The molecule has 178 valence electrons. The van der Waals surface area contributed by atoms with E-state index in [1.807, 2.05) is 41.5 Å². The van der Waals surface area contributed by atoms with E-state index < -0.39 is 5.60 Å². The number of benzene rings is 1. The van der Waals surface area contributed by atoms with E-state index in [1.54, 1.807) is 41.1 Å². The number of likely N-dealkylation sites (tertiary alicyclic amines) is 1. The van der Waals surface area contributed by atoms with E-state index in [0.29, 0.717) is 30.9 Å². The molecular formula is C24H38N4O4. The summed E-state index contributed by atoms with van der Waals surface area (Å²) < 4.78 is 5.41. The van der Waals surface area contributed by atoms with E-state index in [-0.39, 0.29) is 29.5 Å². The van der Waals surface area contributed by atoms with Gasteiger partial charge in [0.1, 0.15) is 5.60 Å². The second-order valence-corrected chi connectivity index (χ2v) is 10.5. The summed E-state index contributed by atoms with van der Waals surface area (Å²) in [6.45, 7) is 13.1. The molecule has 1 fully saturated rings. The number of amides is 4. The molecule has 0 radical (unpaired) electrons. The van der Waals surface area contributed by atoms with Crippen molar-refractivity contribution in [3.63, 3.8) is 0 Å². The second-order valence-electron chi connectivity index (χ2n) is 10.5. The highest BCUT2D eigenvalue weighted by Gasteiger charge is 2.27. The first kappa shape index (κ1) is 25.5. The van der Waals surface area contributed by atoms with Crippen LogP contribution < -0.4 is 10.6 Å². The predicted molar refractivity (Wildman–Crippen MR) is 126 cm³/mol. The van der Waals surface area contributed by atoms with Crippen molar-refractivity contribution in [3.8, 4) is 0 Å². The molecule has 1 atom stereocenters. The van der Waals surface area contributed by atoms with Crippen LogP contribution in [0.3, 0.4) is 0 Å². The van der Waals surface area contributed by atoms with Crippen molar-refractivity contribution in [2.24, 2.45) is 5.92 Å². The molecule has 2 rings (SSSR count). The van der Waals surface area contributed by atoms with Crippen LogP contribution >= 0.6 is 0 Å². The van der Waals surface area contributed by atoms with Gasteiger partial charge in [-0.25, -0.2) is 9.59 Å². The number of anilines is 1. The highest BCUT2D eigenvalue weighted by atomic mass is 16.6. The van der Waals surface area contributed by atoms with Crippen molar-refractivity contribution in [2.45, 2.75) is 65.5 Å². The van der Waals surface area contributed by atoms with Crippen LogP contribution in [0.5, 0.6) is 0 Å². The standard InChI is InChI=1S/C24H38N4O4/c1-23(2,3)26-20(29)18-10-12-19(13-11-18)25-21(30)28-14-8-9-17(16-28)15-27(7)22(31)32-24(4,5)6/h10-13,17H,8-9,14-16H2,1-7H3,(H,25,30)(H,26,29). The molecule has 0 spiro atoms. The van der Waals surface area contributed by atoms with Crippen LogP contribution in [-0.2, 0) is 4.74 Å². The molecule has 1 heterocycles. The number of ether oxygens (including phenoxy) is 1. The molecule has 0 saturated carbocycles. The molecule has 1 aliphatic heterocycles. The minimum absolute atomic E-state index is 0.150. The van der Waals surface area contributed by atoms with E-state index in [2.05, 4.69) is 10.6 Å². The van der Waals surface area contributed by atoms with Crippen molar-refractivity contribution >= 4 is 23.7 Å². The van der Waals surface area contributed by atoms with Gasteiger partial charge in [0.05, 0.1) is 0 Å². The van der Waals surface area contributed by atoms with Gasteiger partial charge in [0, 0.05) is 43.5 Å². The quantitative estimate of drug-likeness (QED) is 0.720. The summed E-state index contributed by atoms with van der Waals surface area (Å²) in [5.74, 6) is 0.0406. The van der Waals surface area contributed by atoms with Gasteiger partial charge in [-0.3, -0.25) is 4.79 Å². The third-order valence-corrected chi connectivity index (χ3v) is 4.93. The van der Waals surface area contributed by atoms with Gasteiger partial charge < -0.3 is 25.2 Å². The molecule has 1 aromatic rings. The maximum Gasteiger partial charge on any atom is 0.410 e. The van der Waals surface area contributed by atoms with E-state index in [1.165, 1.54) is 0 Å². The number of nitrogens with zero attached hydrogens (tertiary/aromatic N) is 2. The van der Waals surface area contributed by atoms with Gasteiger partial charge >= 0.3 is 12.1 Å². The number of carbonyl (C=O) groups is 3. The Hall–Kier alpha value is -2.77. The molecule has 1 aliphatic rings. The highest BCUT2D eigenvalue weighted by molar-refractivity contribution is 5.96. The monoisotopic (exact) mass is 446 g/mol. The molecule has 1 aromatic carbocycles. The van der Waals surface area contributed by atoms with Crippen LogP contribution in [0.15, 0.2) is 24.3 Å². The lowest BCUT2D eigenvalue weighted by Gasteiger charge is -2.35. The largest absolute Gasteiger partial charge is 0.444 e. The predicted octanol–water partition coefficient (Wildman–Crippen LogP) is 4.33. The van der Waals surface area contributed by atoms with Crippen molar-refractivity contribution in [1.82, 2.24) is 15.1 Å². The van der Waals surface area contributed by atoms with Crippen molar-refractivity contribution < 1.29 is 19.1 Å². The van der Waals surface area contributed by atoms with Crippen LogP contribution in [0.1, 0.15) is 64.7 Å². The van der Waals surface area contributed by atoms with Gasteiger partial charge in [-0.05, 0) is 84.6 Å². The van der Waals surface area contributed by atoms with Gasteiger partial charge in [-0.15, -0.1) is 0 Å². The Labute approximate surface area is 191 Å². The average molecular weight is 447 g/mol. The van der Waals surface area contributed by atoms with Crippen LogP contribution in [0.2, 0.25) is 0 Å². The summed E-state index contributed by atoms with van der Waals surface area (Å²) >= 11 is 0. The number of urea groups is 1. The SMILES string of the molecule is CN(CC1CCCN(C(=O)Nc2ccc(C(=O)NC(C)(C)C)cc2)C1)C(=O)OC(C)(C)C. The minimum Gasteiger partial charge on any atom is -0.444 e. The van der Waals surface area contributed by atoms with Gasteiger partial charge in [0.15, 0.2) is 0 Å². The van der Waals surface area contributed by atoms with Crippen LogP contribution in [-0.4, -0.2) is 65.7 Å². The summed E-state index contributed by atoms with van der Waals surface area (Å²) in [6.07, 6.45) is 1.48. The number of piperidine rings is 1. The third kappa shape index (κ3) is 8.40. The Morgan fingerprint density at radius 1 is 1.09 bits per heavy atom. The minimum atomic E-state index is -0.535. The normalized spacial score (nSPS) is 16.8. The Kier molecular flexibility index (Phi) is 8.15. The van der Waals surface area contributed by atoms with Gasteiger partial charge in [-0.2, -0.15) is 0 Å². The Balaban J connectivity index is 1.89. The number of hydrogen-bond donors (Lipinski definition) is 2. The van der Waals surface area contributed by atoms with E-state index in [9.17, 15) is 14.4 Å². The first-order valence-corrected chi connectivity index (χ1v) is 11.2. The summed E-state index contributed by atoms with van der Waals surface area (Å²) in [4.78, 5) is 40.6. The van der Waals surface area contributed by atoms with Gasteiger partial charge in [0.2, 0.25) is 0 Å². The second kappa shape index (κ2) is 10.2. The number of hydrogen-bond acceptors (Lipinski definition) is 4. The smallest absolute Gasteiger partial charge is 0.410 e. The van der Waals surface area contributed by atoms with Gasteiger partial charge in [0.25, 0.3) is 5.91 Å². The van der Waals surface area contributed by atoms with E-state index in [0.717, 1.165) is 12.8 Å². The molecule has 0 aromatic heterocycles. The molecule has 32 heavy (non-hydrogen) atoms. The molecule has 0 aliphatic carbocycles. The first-order chi connectivity index (χ1) is 14.7. The molecular weight excluding hydrogens is 408 g/mol. The lowest BCUT2D eigenvalue weighted by Crippen LogP contribution is -2.46. The van der Waals surface area contributed by atoms with Crippen molar-refractivity contribution in [1.29, 1.82) is 0 Å². The fraction of sp³-hybridized carbons (Fsp3) is 0.625. The Bertz CT molecular complexity index is 809. The average Bonchev–Trinajstić information content (AvgIpc) is 2.66. The zero-order chi connectivity index (χ0) is 24.1. The third-order valence-electron chi connectivity index (χ3n) is 4.93. The zero-order valence-electron chi connectivity index (χ0n) is 20.4. The van der Waals surface area contributed by atoms with Crippen LogP contribution in [0, 0.1) is 5.92 Å². The number of rotatable bonds is 4. The fourth-order valence-electron chi connectivity index (χ4n) is 3.52. The molecule has 8 nitrogen and oxygen atoms in total. The van der Waals surface area contributed by atoms with E-state index in [4.69, 9.17) is 4.74 Å². The topological polar surface area (TPSA) is 91.0 Å². The Morgan fingerprint density at radius 3 is 2.28 bits per heavy atom. The molecule has 8 heteroatoms. The first-order valence-electron chi connectivity index (χ1n) is 11.2. The van der Waals surface area contributed by atoms with Crippen molar-refractivity contribution in [2.75, 3.05) is 32.0 Å². The zero-order valence-corrected chi connectivity index (χ0v) is 20.4. The van der Waals surface area contributed by atoms with Gasteiger partial charge in [-0.1, -0.05) is 0 Å². The maximum absolute atomic E-state index is 12.8. The summed E-state index contributed by atoms with van der Waals surface area (Å²) in [6, 6.07) is 6.68. The van der Waals surface area contributed by atoms with E-state index >= 15 is 0 Å². The molecule has 0 bridgehead atoms.